The molecule has 226 valence electrons. The Labute approximate surface area is 231 Å². The van der Waals surface area contributed by atoms with Crippen LogP contribution >= 0.6 is 0 Å². The molecular formula is C30H40F8N2. The van der Waals surface area contributed by atoms with Gasteiger partial charge in [-0.05, 0) is 70.2 Å². The van der Waals surface area contributed by atoms with E-state index in [9.17, 15) is 0 Å². The standard InChI is InChI=1S/C30H40F8N2/c1-9-11-17-13-19(15-21(23(17)39)25(3,4)5)27(31,32)29(35,36)30(37,38)28(33,34)20-14-18(12-10-2)24(40)22(16-20)26(6,7)8/h13-16H,9-12,39-40H2,1-8H3. The maximum Gasteiger partial charge on any atom is 0.382 e. The van der Waals surface area contributed by atoms with Crippen LogP contribution in [0.3, 0.4) is 0 Å². The summed E-state index contributed by atoms with van der Waals surface area (Å²) in [6.45, 7) is 12.9. The zero-order chi connectivity index (χ0) is 31.3. The van der Waals surface area contributed by atoms with Gasteiger partial charge in [0.1, 0.15) is 0 Å². The molecular weight excluding hydrogens is 540 g/mol. The van der Waals surface area contributed by atoms with Crippen molar-refractivity contribution in [2.45, 2.75) is 116 Å². The number of nitrogens with two attached hydrogens (primary N) is 2. The molecule has 2 nitrogen and oxygen atoms in total. The van der Waals surface area contributed by atoms with Crippen molar-refractivity contribution in [3.05, 3.63) is 57.6 Å². The molecule has 0 aliphatic carbocycles. The summed E-state index contributed by atoms with van der Waals surface area (Å²) in [5, 5.41) is 0. The molecule has 0 saturated heterocycles. The Morgan fingerprint density at radius 1 is 0.525 bits per heavy atom. The van der Waals surface area contributed by atoms with Crippen LogP contribution in [0.25, 0.3) is 0 Å². The van der Waals surface area contributed by atoms with Gasteiger partial charge in [0, 0.05) is 22.5 Å². The van der Waals surface area contributed by atoms with Gasteiger partial charge in [0.2, 0.25) is 0 Å². The molecule has 0 bridgehead atoms. The lowest BCUT2D eigenvalue weighted by Gasteiger charge is -2.38. The van der Waals surface area contributed by atoms with E-state index in [1.165, 1.54) is 0 Å². The fourth-order valence-corrected chi connectivity index (χ4v) is 4.74. The van der Waals surface area contributed by atoms with E-state index in [0.717, 1.165) is 0 Å². The summed E-state index contributed by atoms with van der Waals surface area (Å²) in [7, 11) is 0. The smallest absolute Gasteiger partial charge is 0.382 e. The molecule has 0 aliphatic rings. The minimum atomic E-state index is -6.49. The van der Waals surface area contributed by atoms with Gasteiger partial charge < -0.3 is 11.5 Å². The number of anilines is 2. The van der Waals surface area contributed by atoms with Crippen LogP contribution in [0, 0.1) is 0 Å². The van der Waals surface area contributed by atoms with Gasteiger partial charge in [0.05, 0.1) is 0 Å². The summed E-state index contributed by atoms with van der Waals surface area (Å²) in [4.78, 5) is 0. The van der Waals surface area contributed by atoms with Crippen molar-refractivity contribution in [1.29, 1.82) is 0 Å². The predicted molar refractivity (Wildman–Crippen MR) is 145 cm³/mol. The van der Waals surface area contributed by atoms with E-state index in [4.69, 9.17) is 11.5 Å². The van der Waals surface area contributed by atoms with Gasteiger partial charge in [0.15, 0.2) is 0 Å². The van der Waals surface area contributed by atoms with E-state index >= 15 is 35.1 Å². The zero-order valence-electron chi connectivity index (χ0n) is 24.3. The van der Waals surface area contributed by atoms with Gasteiger partial charge in [-0.15, -0.1) is 0 Å². The lowest BCUT2D eigenvalue weighted by atomic mass is 9.79. The summed E-state index contributed by atoms with van der Waals surface area (Å²) in [6.07, 6.45) is 0.970. The second kappa shape index (κ2) is 10.7. The van der Waals surface area contributed by atoms with Crippen LogP contribution in [0.5, 0.6) is 0 Å². The SMILES string of the molecule is CCCc1cc(C(F)(F)C(F)(F)C(F)(F)C(F)(F)c2cc(CCC)c(N)c(C(C)(C)C)c2)cc(C(C)(C)C)c1N. The van der Waals surface area contributed by atoms with E-state index in [1.54, 1.807) is 55.4 Å². The minimum Gasteiger partial charge on any atom is -0.398 e. The van der Waals surface area contributed by atoms with Gasteiger partial charge in [-0.25, -0.2) is 0 Å². The Morgan fingerprint density at radius 3 is 1.02 bits per heavy atom. The molecule has 0 spiro atoms. The Morgan fingerprint density at radius 2 is 0.800 bits per heavy atom. The zero-order valence-corrected chi connectivity index (χ0v) is 24.3. The monoisotopic (exact) mass is 580 g/mol. The third kappa shape index (κ3) is 5.64. The maximum absolute atomic E-state index is 15.5. The highest BCUT2D eigenvalue weighted by molar-refractivity contribution is 5.60. The number of halogens is 8. The first-order valence-corrected chi connectivity index (χ1v) is 13.3. The largest absolute Gasteiger partial charge is 0.398 e. The molecule has 0 unspecified atom stereocenters. The summed E-state index contributed by atoms with van der Waals surface area (Å²) in [5.41, 5.74) is 7.61. The van der Waals surface area contributed by atoms with Gasteiger partial charge in [-0.1, -0.05) is 68.2 Å². The minimum absolute atomic E-state index is 0.0246. The topological polar surface area (TPSA) is 52.0 Å². The molecule has 0 aliphatic heterocycles. The number of alkyl halides is 8. The van der Waals surface area contributed by atoms with E-state index in [1.807, 2.05) is 0 Å². The molecule has 0 saturated carbocycles. The predicted octanol–water partition coefficient (Wildman–Crippen LogP) is 9.51. The normalized spacial score (nSPS) is 14.1. The maximum atomic E-state index is 15.5. The van der Waals surface area contributed by atoms with Crippen LogP contribution in [0.4, 0.5) is 46.5 Å². The quantitative estimate of drug-likeness (QED) is 0.229. The van der Waals surface area contributed by atoms with Crippen LogP contribution in [-0.4, -0.2) is 11.8 Å². The third-order valence-corrected chi connectivity index (χ3v) is 7.09. The summed E-state index contributed by atoms with van der Waals surface area (Å²) in [5.74, 6) is -24.3. The number of aryl methyl sites for hydroxylation is 2. The van der Waals surface area contributed by atoms with Crippen molar-refractivity contribution in [2.24, 2.45) is 0 Å². The molecule has 2 aromatic rings. The Bertz CT molecular complexity index is 1130. The first-order valence-electron chi connectivity index (χ1n) is 13.3. The number of benzene rings is 2. The van der Waals surface area contributed by atoms with Crippen LogP contribution in [-0.2, 0) is 35.5 Å². The average molecular weight is 581 g/mol. The number of hydrogen-bond acceptors (Lipinski definition) is 2. The van der Waals surface area contributed by atoms with E-state index in [-0.39, 0.29) is 46.5 Å². The van der Waals surface area contributed by atoms with Crippen molar-refractivity contribution < 1.29 is 35.1 Å². The number of rotatable bonds is 9. The molecule has 0 atom stereocenters. The highest BCUT2D eigenvalue weighted by Gasteiger charge is 2.81. The highest BCUT2D eigenvalue weighted by atomic mass is 19.4. The molecule has 40 heavy (non-hydrogen) atoms. The average Bonchev–Trinajstić information content (AvgIpc) is 2.79. The highest BCUT2D eigenvalue weighted by Crippen LogP contribution is 2.60. The molecule has 0 heterocycles. The molecule has 4 N–H and O–H groups in total. The van der Waals surface area contributed by atoms with Crippen LogP contribution < -0.4 is 11.5 Å². The van der Waals surface area contributed by atoms with Crippen molar-refractivity contribution >= 4 is 11.4 Å². The Kier molecular flexibility index (Phi) is 9.02. The van der Waals surface area contributed by atoms with Gasteiger partial charge in [-0.2, -0.15) is 35.1 Å². The summed E-state index contributed by atoms with van der Waals surface area (Å²) in [6, 6.07) is 2.43. The number of hydrogen-bond donors (Lipinski definition) is 2. The van der Waals surface area contributed by atoms with Crippen molar-refractivity contribution in [2.75, 3.05) is 11.5 Å². The Hall–Kier alpha value is -2.52. The van der Waals surface area contributed by atoms with Gasteiger partial charge in [0.25, 0.3) is 0 Å². The molecule has 2 rings (SSSR count). The molecule has 0 radical (unpaired) electrons. The van der Waals surface area contributed by atoms with Crippen LogP contribution in [0.1, 0.15) is 102 Å². The fraction of sp³-hybridized carbons (Fsp3) is 0.600. The van der Waals surface area contributed by atoms with Crippen molar-refractivity contribution in [1.82, 2.24) is 0 Å². The van der Waals surface area contributed by atoms with Crippen LogP contribution in [0.15, 0.2) is 24.3 Å². The van der Waals surface area contributed by atoms with E-state index in [2.05, 4.69) is 0 Å². The van der Waals surface area contributed by atoms with E-state index in [0.29, 0.717) is 37.1 Å². The fourth-order valence-electron chi connectivity index (χ4n) is 4.74. The molecule has 0 fully saturated rings. The van der Waals surface area contributed by atoms with Crippen molar-refractivity contribution in [3.8, 4) is 0 Å². The summed E-state index contributed by atoms with van der Waals surface area (Å²) < 4.78 is 123. The molecule has 0 aromatic heterocycles. The Balaban J connectivity index is 2.82. The van der Waals surface area contributed by atoms with Crippen molar-refractivity contribution in [3.63, 3.8) is 0 Å². The lowest BCUT2D eigenvalue weighted by Crippen LogP contribution is -2.59. The molecule has 0 amide bonds. The molecule has 2 aromatic carbocycles. The third-order valence-electron chi connectivity index (χ3n) is 7.09. The molecule has 10 heteroatoms. The van der Waals surface area contributed by atoms with Crippen LogP contribution in [0.2, 0.25) is 0 Å². The first kappa shape index (κ1) is 33.7. The second-order valence-corrected chi connectivity index (χ2v) is 12.5. The number of nitrogen functional groups attached to an aromatic ring is 2. The summed E-state index contributed by atoms with van der Waals surface area (Å²) >= 11 is 0. The second-order valence-electron chi connectivity index (χ2n) is 12.5. The lowest BCUT2D eigenvalue weighted by molar-refractivity contribution is -0.374. The van der Waals surface area contributed by atoms with Gasteiger partial charge in [-0.3, -0.25) is 0 Å². The first-order chi connectivity index (χ1) is 17.9. The van der Waals surface area contributed by atoms with E-state index < -0.39 is 45.6 Å². The van der Waals surface area contributed by atoms with Gasteiger partial charge >= 0.3 is 23.7 Å².